The van der Waals surface area contributed by atoms with Gasteiger partial charge in [-0.25, -0.2) is 0 Å². The molecule has 0 saturated heterocycles. The lowest BCUT2D eigenvalue weighted by atomic mass is 9.70. The van der Waals surface area contributed by atoms with Crippen molar-refractivity contribution >= 4 is 11.0 Å². The second kappa shape index (κ2) is 2.86. The normalized spacial score (nSPS) is 30.4. The molecule has 2 aromatic rings. The van der Waals surface area contributed by atoms with Crippen LogP contribution in [0.25, 0.3) is 11.0 Å². The van der Waals surface area contributed by atoms with Crippen molar-refractivity contribution in [2.45, 2.75) is 25.4 Å². The van der Waals surface area contributed by atoms with Crippen molar-refractivity contribution in [2.75, 3.05) is 0 Å². The molecule has 0 radical (unpaired) electrons. The van der Waals surface area contributed by atoms with Crippen LogP contribution in [0.4, 0.5) is 0 Å². The second-order valence-electron chi connectivity index (χ2n) is 4.69. The van der Waals surface area contributed by atoms with E-state index in [2.05, 4.69) is 6.92 Å². The van der Waals surface area contributed by atoms with Gasteiger partial charge >= 0.3 is 0 Å². The van der Waals surface area contributed by atoms with Crippen molar-refractivity contribution in [2.24, 2.45) is 5.92 Å². The van der Waals surface area contributed by atoms with Gasteiger partial charge in [0.15, 0.2) is 0 Å². The average molecular weight is 202 g/mol. The molecule has 1 fully saturated rings. The maximum absolute atomic E-state index is 10.3. The van der Waals surface area contributed by atoms with Crippen LogP contribution in [0.2, 0.25) is 0 Å². The number of para-hydroxylation sites is 1. The molecule has 78 valence electrons. The van der Waals surface area contributed by atoms with Gasteiger partial charge in [-0.1, -0.05) is 25.1 Å². The molecule has 1 N–H and O–H groups in total. The van der Waals surface area contributed by atoms with Gasteiger partial charge in [-0.15, -0.1) is 0 Å². The van der Waals surface area contributed by atoms with E-state index in [1.165, 1.54) is 0 Å². The highest BCUT2D eigenvalue weighted by Gasteiger charge is 2.44. The maximum Gasteiger partial charge on any atom is 0.136 e. The Morgan fingerprint density at radius 2 is 2.07 bits per heavy atom. The van der Waals surface area contributed by atoms with Crippen molar-refractivity contribution in [3.63, 3.8) is 0 Å². The molecule has 1 aromatic carbocycles. The molecule has 1 aromatic heterocycles. The van der Waals surface area contributed by atoms with Crippen LogP contribution in [0.1, 0.15) is 25.5 Å². The standard InChI is InChI=1S/C13H14O2/c1-9-7-13(14,8-9)12-6-10-4-2-3-5-11(10)15-12/h2-6,9,14H,7-8H2,1H3. The summed E-state index contributed by atoms with van der Waals surface area (Å²) in [6.07, 6.45) is 1.62. The Kier molecular flexibility index (Phi) is 1.71. The fraction of sp³-hybridized carbons (Fsp3) is 0.385. The molecule has 2 nitrogen and oxygen atoms in total. The third-order valence-corrected chi connectivity index (χ3v) is 3.26. The van der Waals surface area contributed by atoms with E-state index >= 15 is 0 Å². The van der Waals surface area contributed by atoms with Crippen molar-refractivity contribution in [1.82, 2.24) is 0 Å². The van der Waals surface area contributed by atoms with Crippen LogP contribution in [-0.2, 0) is 5.60 Å². The van der Waals surface area contributed by atoms with Crippen LogP contribution in [0, 0.1) is 5.92 Å². The van der Waals surface area contributed by atoms with E-state index in [1.807, 2.05) is 30.3 Å². The molecule has 0 spiro atoms. The van der Waals surface area contributed by atoms with Gasteiger partial charge in [-0.3, -0.25) is 0 Å². The van der Waals surface area contributed by atoms with Crippen molar-refractivity contribution in [1.29, 1.82) is 0 Å². The number of benzene rings is 1. The van der Waals surface area contributed by atoms with E-state index < -0.39 is 5.60 Å². The van der Waals surface area contributed by atoms with Crippen molar-refractivity contribution < 1.29 is 9.52 Å². The molecule has 0 amide bonds. The Bertz CT molecular complexity index is 459. The van der Waals surface area contributed by atoms with Gasteiger partial charge in [0, 0.05) is 5.39 Å². The molecule has 0 unspecified atom stereocenters. The molecule has 1 aliphatic carbocycles. The van der Waals surface area contributed by atoms with E-state index in [1.54, 1.807) is 0 Å². The summed E-state index contributed by atoms with van der Waals surface area (Å²) in [4.78, 5) is 0. The van der Waals surface area contributed by atoms with Crippen molar-refractivity contribution in [3.05, 3.63) is 36.1 Å². The largest absolute Gasteiger partial charge is 0.458 e. The molecule has 3 rings (SSSR count). The van der Waals surface area contributed by atoms with E-state index in [4.69, 9.17) is 4.42 Å². The molecular weight excluding hydrogens is 188 g/mol. The number of fused-ring (bicyclic) bond motifs is 1. The molecule has 2 heteroatoms. The maximum atomic E-state index is 10.3. The molecule has 0 bridgehead atoms. The van der Waals surface area contributed by atoms with E-state index in [0.717, 1.165) is 29.6 Å². The fourth-order valence-electron chi connectivity index (χ4n) is 2.51. The predicted octanol–water partition coefficient (Wildman–Crippen LogP) is 3.05. The first-order chi connectivity index (χ1) is 7.17. The molecule has 0 aliphatic heterocycles. The Morgan fingerprint density at radius 3 is 2.73 bits per heavy atom. The van der Waals surface area contributed by atoms with Gasteiger partial charge in [0.25, 0.3) is 0 Å². The first-order valence-corrected chi connectivity index (χ1v) is 5.39. The lowest BCUT2D eigenvalue weighted by Gasteiger charge is -2.40. The Labute approximate surface area is 88.5 Å². The summed E-state index contributed by atoms with van der Waals surface area (Å²) in [6.45, 7) is 2.15. The lowest BCUT2D eigenvalue weighted by molar-refractivity contribution is -0.0885. The highest BCUT2D eigenvalue weighted by Crippen LogP contribution is 2.46. The Balaban J connectivity index is 2.05. The predicted molar refractivity (Wildman–Crippen MR) is 58.5 cm³/mol. The van der Waals surface area contributed by atoms with E-state index in [0.29, 0.717) is 5.92 Å². The van der Waals surface area contributed by atoms with Crippen LogP contribution in [0.5, 0.6) is 0 Å². The Hall–Kier alpha value is -1.28. The third kappa shape index (κ3) is 1.29. The minimum Gasteiger partial charge on any atom is -0.458 e. The molecule has 1 aliphatic rings. The molecule has 1 heterocycles. The third-order valence-electron chi connectivity index (χ3n) is 3.26. The minimum atomic E-state index is -0.710. The zero-order chi connectivity index (χ0) is 10.5. The second-order valence-corrected chi connectivity index (χ2v) is 4.69. The quantitative estimate of drug-likeness (QED) is 0.771. The van der Waals surface area contributed by atoms with Crippen molar-refractivity contribution in [3.8, 4) is 0 Å². The molecular formula is C13H14O2. The van der Waals surface area contributed by atoms with Gasteiger partial charge < -0.3 is 9.52 Å². The monoisotopic (exact) mass is 202 g/mol. The first kappa shape index (κ1) is 8.98. The zero-order valence-electron chi connectivity index (χ0n) is 8.73. The summed E-state index contributed by atoms with van der Waals surface area (Å²) in [6, 6.07) is 9.83. The van der Waals surface area contributed by atoms with Crippen LogP contribution < -0.4 is 0 Å². The van der Waals surface area contributed by atoms with Gasteiger partial charge in [0.1, 0.15) is 16.9 Å². The van der Waals surface area contributed by atoms with Crippen LogP contribution in [0.3, 0.4) is 0 Å². The van der Waals surface area contributed by atoms with Gasteiger partial charge in [0.2, 0.25) is 0 Å². The lowest BCUT2D eigenvalue weighted by Crippen LogP contribution is -2.39. The molecule has 15 heavy (non-hydrogen) atoms. The van der Waals surface area contributed by atoms with Crippen LogP contribution >= 0.6 is 0 Å². The number of hydrogen-bond donors (Lipinski definition) is 1. The summed E-state index contributed by atoms with van der Waals surface area (Å²) in [5.74, 6) is 1.32. The smallest absolute Gasteiger partial charge is 0.136 e. The number of hydrogen-bond acceptors (Lipinski definition) is 2. The number of furan rings is 1. The first-order valence-electron chi connectivity index (χ1n) is 5.39. The van der Waals surface area contributed by atoms with Crippen LogP contribution in [-0.4, -0.2) is 5.11 Å². The Morgan fingerprint density at radius 1 is 1.33 bits per heavy atom. The zero-order valence-corrected chi connectivity index (χ0v) is 8.73. The average Bonchev–Trinajstić information content (AvgIpc) is 2.59. The summed E-state index contributed by atoms with van der Waals surface area (Å²) < 4.78 is 5.67. The fourth-order valence-corrected chi connectivity index (χ4v) is 2.51. The SMILES string of the molecule is CC1CC(O)(c2cc3ccccc3o2)C1. The summed E-state index contributed by atoms with van der Waals surface area (Å²) in [5.41, 5.74) is 0.152. The van der Waals surface area contributed by atoms with Gasteiger partial charge in [-0.05, 0) is 30.9 Å². The minimum absolute atomic E-state index is 0.600. The topological polar surface area (TPSA) is 33.4 Å². The number of aliphatic hydroxyl groups is 1. The highest BCUT2D eigenvalue weighted by atomic mass is 16.4. The summed E-state index contributed by atoms with van der Waals surface area (Å²) in [5, 5.41) is 11.3. The van der Waals surface area contributed by atoms with Gasteiger partial charge in [0.05, 0.1) is 0 Å². The van der Waals surface area contributed by atoms with Crippen LogP contribution in [0.15, 0.2) is 34.7 Å². The molecule has 1 saturated carbocycles. The van der Waals surface area contributed by atoms with Gasteiger partial charge in [-0.2, -0.15) is 0 Å². The summed E-state index contributed by atoms with van der Waals surface area (Å²) in [7, 11) is 0. The highest BCUT2D eigenvalue weighted by molar-refractivity contribution is 5.77. The number of rotatable bonds is 1. The molecule has 0 atom stereocenters. The van der Waals surface area contributed by atoms with E-state index in [9.17, 15) is 5.11 Å². The van der Waals surface area contributed by atoms with E-state index in [-0.39, 0.29) is 0 Å². The summed E-state index contributed by atoms with van der Waals surface area (Å²) >= 11 is 0.